The number of carbonyl (C=O) groups excluding carboxylic acids is 1. The molecular formula is C18H22N2O3. The van der Waals surface area contributed by atoms with Gasteiger partial charge in [-0.05, 0) is 43.5 Å². The number of hydrogen-bond donors (Lipinski definition) is 0. The van der Waals surface area contributed by atoms with Crippen LogP contribution in [0.5, 0.6) is 5.75 Å². The molecule has 1 aliphatic carbocycles. The van der Waals surface area contributed by atoms with E-state index in [2.05, 4.69) is 0 Å². The Kier molecular flexibility index (Phi) is 3.73. The van der Waals surface area contributed by atoms with E-state index in [4.69, 9.17) is 9.47 Å². The molecule has 2 aromatic rings. The van der Waals surface area contributed by atoms with Gasteiger partial charge in [0, 0.05) is 23.6 Å². The quantitative estimate of drug-likeness (QED) is 0.874. The van der Waals surface area contributed by atoms with Crippen molar-refractivity contribution in [2.75, 3.05) is 20.3 Å². The fraction of sp³-hybridized carbons (Fsp3) is 0.500. The minimum Gasteiger partial charge on any atom is -0.497 e. The van der Waals surface area contributed by atoms with E-state index in [1.807, 2.05) is 39.9 Å². The molecular weight excluding hydrogens is 292 g/mol. The molecule has 1 amide bonds. The molecule has 0 bridgehead atoms. The molecule has 4 rings (SSSR count). The molecule has 2 aliphatic rings. The number of morpholine rings is 1. The van der Waals surface area contributed by atoms with E-state index in [9.17, 15) is 4.79 Å². The molecule has 0 spiro atoms. The number of carbonyl (C=O) groups is 1. The molecule has 1 aromatic carbocycles. The summed E-state index contributed by atoms with van der Waals surface area (Å²) in [5.41, 5.74) is 1.07. The largest absolute Gasteiger partial charge is 0.497 e. The van der Waals surface area contributed by atoms with Crippen LogP contribution in [0.2, 0.25) is 0 Å². The number of rotatable bonds is 3. The van der Waals surface area contributed by atoms with Crippen molar-refractivity contribution >= 4 is 16.8 Å². The van der Waals surface area contributed by atoms with Gasteiger partial charge in [0.25, 0.3) is 0 Å². The summed E-state index contributed by atoms with van der Waals surface area (Å²) in [7, 11) is 1.66. The van der Waals surface area contributed by atoms with Crippen LogP contribution in [0.4, 0.5) is 0 Å². The second-order valence-corrected chi connectivity index (χ2v) is 6.36. The van der Waals surface area contributed by atoms with Crippen LogP contribution < -0.4 is 4.74 Å². The van der Waals surface area contributed by atoms with Gasteiger partial charge >= 0.3 is 0 Å². The van der Waals surface area contributed by atoms with Gasteiger partial charge in [-0.25, -0.2) is 0 Å². The zero-order valence-corrected chi connectivity index (χ0v) is 13.4. The highest BCUT2D eigenvalue weighted by atomic mass is 16.5. The predicted octanol–water partition coefficient (Wildman–Crippen LogP) is 2.43. The molecule has 1 saturated heterocycles. The van der Waals surface area contributed by atoms with Crippen LogP contribution in [0.25, 0.3) is 10.9 Å². The molecule has 5 heteroatoms. The lowest BCUT2D eigenvalue weighted by Crippen LogP contribution is -2.52. The monoisotopic (exact) mass is 314 g/mol. The second kappa shape index (κ2) is 5.89. The van der Waals surface area contributed by atoms with Gasteiger partial charge in [-0.2, -0.15) is 0 Å². The Morgan fingerprint density at radius 1 is 1.35 bits per heavy atom. The van der Waals surface area contributed by atoms with E-state index in [0.717, 1.165) is 35.9 Å². The van der Waals surface area contributed by atoms with Crippen molar-refractivity contribution in [3.63, 3.8) is 0 Å². The van der Waals surface area contributed by atoms with Gasteiger partial charge in [0.15, 0.2) is 0 Å². The van der Waals surface area contributed by atoms with Crippen LogP contribution in [-0.2, 0) is 16.1 Å². The highest BCUT2D eigenvalue weighted by molar-refractivity contribution is 5.84. The van der Waals surface area contributed by atoms with Crippen molar-refractivity contribution in [3.8, 4) is 5.75 Å². The maximum Gasteiger partial charge on any atom is 0.242 e. The van der Waals surface area contributed by atoms with Crippen LogP contribution in [0.15, 0.2) is 30.5 Å². The Morgan fingerprint density at radius 2 is 2.26 bits per heavy atom. The zero-order chi connectivity index (χ0) is 15.8. The Labute approximate surface area is 135 Å². The summed E-state index contributed by atoms with van der Waals surface area (Å²) >= 11 is 0. The highest BCUT2D eigenvalue weighted by Gasteiger charge is 2.38. The van der Waals surface area contributed by atoms with Gasteiger partial charge in [-0.1, -0.05) is 0 Å². The number of hydrogen-bond acceptors (Lipinski definition) is 3. The minimum atomic E-state index is 0.193. The average molecular weight is 314 g/mol. The fourth-order valence-corrected chi connectivity index (χ4v) is 3.91. The predicted molar refractivity (Wildman–Crippen MR) is 87.6 cm³/mol. The van der Waals surface area contributed by atoms with Crippen molar-refractivity contribution in [2.24, 2.45) is 0 Å². The number of amides is 1. The first-order valence-corrected chi connectivity index (χ1v) is 8.30. The van der Waals surface area contributed by atoms with Gasteiger partial charge in [0.2, 0.25) is 5.91 Å². The SMILES string of the molecule is COc1ccc2c(ccn2CC(=O)N2CCO[C@@H]3CCC[C@H]32)c1. The summed E-state index contributed by atoms with van der Waals surface area (Å²) in [5.74, 6) is 1.03. The number of benzene rings is 1. The lowest BCUT2D eigenvalue weighted by molar-refractivity contribution is -0.144. The first-order valence-electron chi connectivity index (χ1n) is 8.30. The summed E-state index contributed by atoms with van der Waals surface area (Å²) in [6.45, 7) is 1.77. The number of nitrogens with zero attached hydrogens (tertiary/aromatic N) is 2. The molecule has 122 valence electrons. The van der Waals surface area contributed by atoms with Crippen LogP contribution in [-0.4, -0.2) is 47.8 Å². The molecule has 0 N–H and O–H groups in total. The van der Waals surface area contributed by atoms with E-state index in [1.165, 1.54) is 0 Å². The summed E-state index contributed by atoms with van der Waals surface area (Å²) in [6, 6.07) is 8.25. The maximum absolute atomic E-state index is 12.8. The molecule has 1 aromatic heterocycles. The third-order valence-electron chi connectivity index (χ3n) is 5.09. The highest BCUT2D eigenvalue weighted by Crippen LogP contribution is 2.30. The third kappa shape index (κ3) is 2.59. The number of methoxy groups -OCH3 is 1. The van der Waals surface area contributed by atoms with Crippen LogP contribution in [0.3, 0.4) is 0 Å². The molecule has 0 radical (unpaired) electrons. The fourth-order valence-electron chi connectivity index (χ4n) is 3.91. The van der Waals surface area contributed by atoms with E-state index in [0.29, 0.717) is 19.7 Å². The maximum atomic E-state index is 12.8. The molecule has 2 fully saturated rings. The van der Waals surface area contributed by atoms with Gasteiger partial charge in [0.05, 0.1) is 25.9 Å². The summed E-state index contributed by atoms with van der Waals surface area (Å²) < 4.78 is 13.1. The topological polar surface area (TPSA) is 43.7 Å². The first-order chi connectivity index (χ1) is 11.3. The zero-order valence-electron chi connectivity index (χ0n) is 13.4. The number of aromatic nitrogens is 1. The van der Waals surface area contributed by atoms with E-state index in [-0.39, 0.29) is 18.1 Å². The van der Waals surface area contributed by atoms with Crippen LogP contribution in [0.1, 0.15) is 19.3 Å². The smallest absolute Gasteiger partial charge is 0.242 e. The average Bonchev–Trinajstić information content (AvgIpc) is 3.21. The second-order valence-electron chi connectivity index (χ2n) is 6.36. The van der Waals surface area contributed by atoms with Crippen molar-refractivity contribution in [1.82, 2.24) is 9.47 Å². The Bertz CT molecular complexity index is 724. The van der Waals surface area contributed by atoms with Gasteiger partial charge < -0.3 is 18.9 Å². The lowest BCUT2D eigenvalue weighted by atomic mass is 10.1. The van der Waals surface area contributed by atoms with Crippen molar-refractivity contribution in [1.29, 1.82) is 0 Å². The van der Waals surface area contributed by atoms with Crippen LogP contribution in [0, 0.1) is 0 Å². The van der Waals surface area contributed by atoms with E-state index in [1.54, 1.807) is 7.11 Å². The summed E-state index contributed by atoms with van der Waals surface area (Å²) in [6.07, 6.45) is 5.54. The molecule has 2 atom stereocenters. The van der Waals surface area contributed by atoms with Crippen molar-refractivity contribution in [2.45, 2.75) is 38.0 Å². The standard InChI is InChI=1S/C18H22N2O3/c1-22-14-5-6-15-13(11-14)7-8-19(15)12-18(21)20-9-10-23-17-4-2-3-16(17)20/h5-8,11,16-17H,2-4,9-10,12H2,1H3/t16-,17-/m1/s1. The number of fused-ring (bicyclic) bond motifs is 2. The Balaban J connectivity index is 1.54. The molecule has 2 heterocycles. The van der Waals surface area contributed by atoms with Crippen molar-refractivity contribution < 1.29 is 14.3 Å². The number of ether oxygens (including phenoxy) is 2. The lowest BCUT2D eigenvalue weighted by Gasteiger charge is -2.37. The molecule has 5 nitrogen and oxygen atoms in total. The first kappa shape index (κ1) is 14.6. The van der Waals surface area contributed by atoms with E-state index < -0.39 is 0 Å². The summed E-state index contributed by atoms with van der Waals surface area (Å²) in [5, 5.41) is 1.10. The molecule has 23 heavy (non-hydrogen) atoms. The minimum absolute atomic E-state index is 0.193. The molecule has 1 saturated carbocycles. The van der Waals surface area contributed by atoms with Gasteiger partial charge in [-0.15, -0.1) is 0 Å². The van der Waals surface area contributed by atoms with Gasteiger partial charge in [-0.3, -0.25) is 4.79 Å². The molecule has 1 aliphatic heterocycles. The van der Waals surface area contributed by atoms with Crippen LogP contribution >= 0.6 is 0 Å². The third-order valence-corrected chi connectivity index (χ3v) is 5.09. The van der Waals surface area contributed by atoms with Gasteiger partial charge in [0.1, 0.15) is 12.3 Å². The normalized spacial score (nSPS) is 24.0. The Hall–Kier alpha value is -2.01. The van der Waals surface area contributed by atoms with Crippen molar-refractivity contribution in [3.05, 3.63) is 30.5 Å². The molecule has 0 unspecified atom stereocenters. The van der Waals surface area contributed by atoms with E-state index >= 15 is 0 Å². The summed E-state index contributed by atoms with van der Waals surface area (Å²) in [4.78, 5) is 14.8. The Morgan fingerprint density at radius 3 is 3.13 bits per heavy atom.